The van der Waals surface area contributed by atoms with E-state index >= 15 is 0 Å². The Morgan fingerprint density at radius 3 is 2.60 bits per heavy atom. The number of anilines is 1. The minimum Gasteiger partial charge on any atom is -0.399 e. The molecule has 0 bridgehead atoms. The van der Waals surface area contributed by atoms with Crippen LogP contribution < -0.4 is 5.73 Å². The average molecular weight is 293 g/mol. The van der Waals surface area contributed by atoms with E-state index < -0.39 is 0 Å². The number of hydrogen-bond donors (Lipinski definition) is 1. The van der Waals surface area contributed by atoms with Crippen LogP contribution in [0.2, 0.25) is 5.02 Å². The third kappa shape index (κ3) is 3.30. The van der Waals surface area contributed by atoms with Crippen LogP contribution in [0.4, 0.5) is 10.1 Å². The summed E-state index contributed by atoms with van der Waals surface area (Å²) in [5.74, 6) is -0.274. The Morgan fingerprint density at radius 2 is 1.95 bits per heavy atom. The van der Waals surface area contributed by atoms with Gasteiger partial charge in [-0.25, -0.2) is 4.39 Å². The number of nitrogens with two attached hydrogens (primary N) is 1. The van der Waals surface area contributed by atoms with E-state index in [1.54, 1.807) is 12.1 Å². The summed E-state index contributed by atoms with van der Waals surface area (Å²) in [7, 11) is 1.94. The van der Waals surface area contributed by atoms with Gasteiger partial charge >= 0.3 is 0 Å². The fourth-order valence-electron chi connectivity index (χ4n) is 2.14. The highest BCUT2D eigenvalue weighted by molar-refractivity contribution is 6.31. The molecule has 20 heavy (non-hydrogen) atoms. The van der Waals surface area contributed by atoms with Crippen molar-refractivity contribution >= 4 is 17.3 Å². The van der Waals surface area contributed by atoms with Crippen LogP contribution in [0, 0.1) is 5.82 Å². The van der Waals surface area contributed by atoms with E-state index in [-0.39, 0.29) is 11.9 Å². The zero-order chi connectivity index (χ0) is 14.7. The number of halogens is 2. The van der Waals surface area contributed by atoms with Gasteiger partial charge in [-0.15, -0.1) is 0 Å². The molecule has 2 aromatic rings. The molecule has 0 aliphatic heterocycles. The molecular formula is C16H18ClFN2. The maximum Gasteiger partial charge on any atom is 0.129 e. The molecule has 2 nitrogen and oxygen atoms in total. The molecule has 0 spiro atoms. The Morgan fingerprint density at radius 1 is 1.25 bits per heavy atom. The van der Waals surface area contributed by atoms with Crippen molar-refractivity contribution in [3.05, 3.63) is 64.4 Å². The highest BCUT2D eigenvalue weighted by Gasteiger charge is 2.15. The largest absolute Gasteiger partial charge is 0.399 e. The van der Waals surface area contributed by atoms with Crippen LogP contribution >= 0.6 is 11.6 Å². The standard InChI is InChI=1S/C16H18ClFN2/c1-11(12-5-3-6-13(19)9-12)20(2)10-14-15(17)7-4-8-16(14)18/h3-9,11H,10,19H2,1-2H3. The van der Waals surface area contributed by atoms with Crippen molar-refractivity contribution in [1.82, 2.24) is 4.90 Å². The summed E-state index contributed by atoms with van der Waals surface area (Å²) in [6.45, 7) is 2.50. The molecule has 2 N–H and O–H groups in total. The molecule has 2 aromatic carbocycles. The van der Waals surface area contributed by atoms with Crippen LogP contribution in [0.3, 0.4) is 0 Å². The van der Waals surface area contributed by atoms with Gasteiger partial charge in [-0.3, -0.25) is 4.90 Å². The van der Waals surface area contributed by atoms with Gasteiger partial charge in [0.1, 0.15) is 5.82 Å². The SMILES string of the molecule is CC(c1cccc(N)c1)N(C)Cc1c(F)cccc1Cl. The zero-order valence-electron chi connectivity index (χ0n) is 11.6. The van der Waals surface area contributed by atoms with Gasteiger partial charge in [0, 0.05) is 28.9 Å². The van der Waals surface area contributed by atoms with E-state index in [9.17, 15) is 4.39 Å². The number of hydrogen-bond acceptors (Lipinski definition) is 2. The first-order valence-electron chi connectivity index (χ1n) is 6.47. The lowest BCUT2D eigenvalue weighted by Gasteiger charge is -2.26. The molecule has 4 heteroatoms. The van der Waals surface area contributed by atoms with Crippen molar-refractivity contribution in [1.29, 1.82) is 0 Å². The number of rotatable bonds is 4. The first kappa shape index (κ1) is 14.8. The second-order valence-corrected chi connectivity index (χ2v) is 5.37. The lowest BCUT2D eigenvalue weighted by molar-refractivity contribution is 0.250. The van der Waals surface area contributed by atoms with Crippen molar-refractivity contribution < 1.29 is 4.39 Å². The van der Waals surface area contributed by atoms with Crippen molar-refractivity contribution in [3.8, 4) is 0 Å². The van der Waals surface area contributed by atoms with Crippen LogP contribution in [0.5, 0.6) is 0 Å². The van der Waals surface area contributed by atoms with Gasteiger partial charge in [0.2, 0.25) is 0 Å². The first-order chi connectivity index (χ1) is 9.49. The van der Waals surface area contributed by atoms with Gasteiger partial charge in [0.05, 0.1) is 0 Å². The van der Waals surface area contributed by atoms with E-state index in [0.29, 0.717) is 17.1 Å². The molecule has 0 amide bonds. The van der Waals surface area contributed by atoms with Crippen LogP contribution in [0.15, 0.2) is 42.5 Å². The highest BCUT2D eigenvalue weighted by Crippen LogP contribution is 2.26. The van der Waals surface area contributed by atoms with Crippen molar-refractivity contribution in [2.75, 3.05) is 12.8 Å². The molecule has 0 aromatic heterocycles. The average Bonchev–Trinajstić information content (AvgIpc) is 2.42. The molecule has 2 rings (SSSR count). The monoisotopic (exact) mass is 292 g/mol. The Labute approximate surface area is 124 Å². The highest BCUT2D eigenvalue weighted by atomic mass is 35.5. The van der Waals surface area contributed by atoms with Crippen molar-refractivity contribution in [3.63, 3.8) is 0 Å². The quantitative estimate of drug-likeness (QED) is 0.854. The smallest absolute Gasteiger partial charge is 0.129 e. The molecule has 0 heterocycles. The van der Waals surface area contributed by atoms with E-state index in [0.717, 1.165) is 11.3 Å². The molecule has 0 saturated heterocycles. The lowest BCUT2D eigenvalue weighted by atomic mass is 10.1. The van der Waals surface area contributed by atoms with E-state index in [4.69, 9.17) is 17.3 Å². The summed E-state index contributed by atoms with van der Waals surface area (Å²) in [6.07, 6.45) is 0. The van der Waals surface area contributed by atoms with E-state index in [1.807, 2.05) is 36.2 Å². The maximum absolute atomic E-state index is 13.8. The third-order valence-corrected chi connectivity index (χ3v) is 3.88. The predicted octanol–water partition coefficient (Wildman–Crippen LogP) is 4.25. The van der Waals surface area contributed by atoms with Crippen molar-refractivity contribution in [2.24, 2.45) is 0 Å². The Balaban J connectivity index is 2.17. The van der Waals surface area contributed by atoms with Crippen molar-refractivity contribution in [2.45, 2.75) is 19.5 Å². The summed E-state index contributed by atoms with van der Waals surface area (Å²) in [5.41, 5.74) is 8.14. The molecular weight excluding hydrogens is 275 g/mol. The van der Waals surface area contributed by atoms with Gasteiger partial charge in [-0.05, 0) is 43.8 Å². The van der Waals surface area contributed by atoms with E-state index in [1.165, 1.54) is 6.07 Å². The molecule has 0 aliphatic rings. The lowest BCUT2D eigenvalue weighted by Crippen LogP contribution is -2.22. The molecule has 0 aliphatic carbocycles. The molecule has 1 atom stereocenters. The summed E-state index contributed by atoms with van der Waals surface area (Å²) in [5, 5.41) is 0.455. The maximum atomic E-state index is 13.8. The zero-order valence-corrected chi connectivity index (χ0v) is 12.4. The van der Waals surface area contributed by atoms with Gasteiger partial charge in [0.15, 0.2) is 0 Å². The Bertz CT molecular complexity index is 581. The third-order valence-electron chi connectivity index (χ3n) is 3.52. The predicted molar refractivity (Wildman–Crippen MR) is 82.1 cm³/mol. The van der Waals surface area contributed by atoms with Gasteiger partial charge in [0.25, 0.3) is 0 Å². The Kier molecular flexibility index (Phi) is 4.63. The number of benzene rings is 2. The van der Waals surface area contributed by atoms with Crippen LogP contribution in [-0.2, 0) is 6.54 Å². The fraction of sp³-hybridized carbons (Fsp3) is 0.250. The minimum atomic E-state index is -0.274. The topological polar surface area (TPSA) is 29.3 Å². The van der Waals surface area contributed by atoms with Crippen LogP contribution in [0.25, 0.3) is 0 Å². The molecule has 0 radical (unpaired) electrons. The molecule has 106 valence electrons. The normalized spacial score (nSPS) is 12.7. The summed E-state index contributed by atoms with van der Waals surface area (Å²) < 4.78 is 13.8. The number of nitrogens with zero attached hydrogens (tertiary/aromatic N) is 1. The Hall–Kier alpha value is -1.58. The van der Waals surface area contributed by atoms with Crippen LogP contribution in [0.1, 0.15) is 24.1 Å². The summed E-state index contributed by atoms with van der Waals surface area (Å²) in [6, 6.07) is 12.6. The second kappa shape index (κ2) is 6.25. The molecule has 1 unspecified atom stereocenters. The molecule has 0 fully saturated rings. The van der Waals surface area contributed by atoms with E-state index in [2.05, 4.69) is 6.92 Å². The summed E-state index contributed by atoms with van der Waals surface area (Å²) >= 11 is 6.06. The summed E-state index contributed by atoms with van der Waals surface area (Å²) in [4.78, 5) is 2.04. The van der Waals surface area contributed by atoms with Crippen LogP contribution in [-0.4, -0.2) is 11.9 Å². The first-order valence-corrected chi connectivity index (χ1v) is 6.85. The molecule has 0 saturated carbocycles. The van der Waals surface area contributed by atoms with Gasteiger partial charge in [-0.1, -0.05) is 29.8 Å². The van der Waals surface area contributed by atoms with Gasteiger partial charge < -0.3 is 5.73 Å². The number of nitrogen functional groups attached to an aromatic ring is 1. The second-order valence-electron chi connectivity index (χ2n) is 4.96. The fourth-order valence-corrected chi connectivity index (χ4v) is 2.37. The minimum absolute atomic E-state index is 0.120. The van der Waals surface area contributed by atoms with Gasteiger partial charge in [-0.2, -0.15) is 0 Å².